The number of rotatable bonds is 6. The molecule has 0 amide bonds. The van der Waals surface area contributed by atoms with Crippen LogP contribution in [0.25, 0.3) is 0 Å². The van der Waals surface area contributed by atoms with Gasteiger partial charge in [-0.15, -0.1) is 0 Å². The van der Waals surface area contributed by atoms with Gasteiger partial charge in [0.05, 0.1) is 13.2 Å². The molecule has 1 aliphatic rings. The lowest BCUT2D eigenvalue weighted by Crippen LogP contribution is -2.36. The van der Waals surface area contributed by atoms with E-state index >= 15 is 0 Å². The van der Waals surface area contributed by atoms with Gasteiger partial charge in [0.25, 0.3) is 0 Å². The Kier molecular flexibility index (Phi) is 7.04. The average Bonchev–Trinajstić information content (AvgIpc) is 2.97. The van der Waals surface area contributed by atoms with E-state index in [2.05, 4.69) is 20.8 Å². The van der Waals surface area contributed by atoms with Gasteiger partial charge in [-0.25, -0.2) is 0 Å². The predicted octanol–water partition coefficient (Wildman–Crippen LogP) is 5.51. The van der Waals surface area contributed by atoms with Gasteiger partial charge in [-0.05, 0) is 56.2 Å². The minimum absolute atomic E-state index is 0.0864. The number of nitrogens with zero attached hydrogens (tertiary/aromatic N) is 2. The summed E-state index contributed by atoms with van der Waals surface area (Å²) >= 11 is 3.42. The Morgan fingerprint density at radius 1 is 1.07 bits per heavy atom. The number of carbonyl (C=O) groups is 1. The molecule has 0 bridgehead atoms. The van der Waals surface area contributed by atoms with Crippen molar-refractivity contribution in [1.29, 1.82) is 0 Å². The number of hydrogen-bond acceptors (Lipinski definition) is 4. The first-order valence-electron chi connectivity index (χ1n) is 9.50. The fourth-order valence-corrected chi connectivity index (χ4v) is 3.43. The van der Waals surface area contributed by atoms with Gasteiger partial charge in [-0.3, -0.25) is 9.79 Å². The fourth-order valence-electron chi connectivity index (χ4n) is 3.17. The number of benzene rings is 2. The van der Waals surface area contributed by atoms with Crippen molar-refractivity contribution in [3.8, 4) is 5.75 Å². The van der Waals surface area contributed by atoms with Crippen molar-refractivity contribution in [2.75, 3.05) is 24.6 Å². The summed E-state index contributed by atoms with van der Waals surface area (Å²) in [4.78, 5) is 19.7. The number of anilines is 1. The monoisotopic (exact) mass is 428 g/mol. The van der Waals surface area contributed by atoms with E-state index < -0.39 is 0 Å². The molecule has 0 spiro atoms. The first-order chi connectivity index (χ1) is 13.2. The van der Waals surface area contributed by atoms with Crippen LogP contribution in [0.15, 0.2) is 58.0 Å². The van der Waals surface area contributed by atoms with Crippen molar-refractivity contribution >= 4 is 33.2 Å². The zero-order chi connectivity index (χ0) is 19.1. The molecule has 0 radical (unpaired) electrons. The molecule has 27 heavy (non-hydrogen) atoms. The first kappa shape index (κ1) is 19.6. The number of hydrogen-bond donors (Lipinski definition) is 0. The third kappa shape index (κ3) is 5.42. The largest absolute Gasteiger partial charge is 0.494 e. The SMILES string of the molecule is CCOc1ccc(N(CC(=O)c2ccc(Br)cc2)C2=NCCCCC2)cc1. The molecule has 0 saturated carbocycles. The van der Waals surface area contributed by atoms with E-state index in [1.807, 2.05) is 55.5 Å². The first-order valence-corrected chi connectivity index (χ1v) is 10.3. The maximum absolute atomic E-state index is 12.9. The molecule has 1 aliphatic heterocycles. The standard InChI is InChI=1S/C22H25BrN2O2/c1-2-27-20-13-11-19(12-14-20)25(22-6-4-3-5-15-24-22)16-21(26)17-7-9-18(23)10-8-17/h7-14H,2-6,15-16H2,1H3. The van der Waals surface area contributed by atoms with Crippen LogP contribution in [0, 0.1) is 0 Å². The van der Waals surface area contributed by atoms with Crippen molar-refractivity contribution in [1.82, 2.24) is 0 Å². The molecule has 2 aromatic rings. The Morgan fingerprint density at radius 2 is 1.81 bits per heavy atom. The molecule has 5 heteroatoms. The minimum Gasteiger partial charge on any atom is -0.494 e. The van der Waals surface area contributed by atoms with Crippen LogP contribution in [0.3, 0.4) is 0 Å². The molecular weight excluding hydrogens is 404 g/mol. The van der Waals surface area contributed by atoms with Crippen LogP contribution in [-0.2, 0) is 0 Å². The van der Waals surface area contributed by atoms with Gasteiger partial charge in [0.2, 0.25) is 0 Å². The van der Waals surface area contributed by atoms with Crippen molar-refractivity contribution in [3.05, 3.63) is 58.6 Å². The molecule has 3 rings (SSSR count). The maximum atomic E-state index is 12.9. The van der Waals surface area contributed by atoms with Crippen LogP contribution >= 0.6 is 15.9 Å². The lowest BCUT2D eigenvalue weighted by atomic mass is 10.1. The number of carbonyl (C=O) groups excluding carboxylic acids is 1. The summed E-state index contributed by atoms with van der Waals surface area (Å²) in [5.41, 5.74) is 1.69. The van der Waals surface area contributed by atoms with Gasteiger partial charge in [-0.2, -0.15) is 0 Å². The molecule has 1 heterocycles. The molecule has 0 aromatic heterocycles. The van der Waals surface area contributed by atoms with Crippen molar-refractivity contribution < 1.29 is 9.53 Å². The van der Waals surface area contributed by atoms with E-state index in [4.69, 9.17) is 9.73 Å². The quantitative estimate of drug-likeness (QED) is 0.569. The van der Waals surface area contributed by atoms with Crippen LogP contribution in [-0.4, -0.2) is 31.3 Å². The third-order valence-corrected chi connectivity index (χ3v) is 5.12. The number of ether oxygens (including phenoxy) is 1. The third-order valence-electron chi connectivity index (χ3n) is 4.59. The summed E-state index contributed by atoms with van der Waals surface area (Å²) in [5, 5.41) is 0. The lowest BCUT2D eigenvalue weighted by molar-refractivity contribution is 0.100. The van der Waals surface area contributed by atoms with Crippen LogP contribution < -0.4 is 9.64 Å². The van der Waals surface area contributed by atoms with Crippen LogP contribution in [0.1, 0.15) is 43.0 Å². The summed E-state index contributed by atoms with van der Waals surface area (Å²) in [6.07, 6.45) is 4.31. The molecule has 0 saturated heterocycles. The van der Waals surface area contributed by atoms with Crippen molar-refractivity contribution in [3.63, 3.8) is 0 Å². The van der Waals surface area contributed by atoms with Crippen LogP contribution in [0.4, 0.5) is 5.69 Å². The van der Waals surface area contributed by atoms with Gasteiger partial charge < -0.3 is 9.64 Å². The Balaban J connectivity index is 1.85. The molecule has 0 N–H and O–H groups in total. The molecular formula is C22H25BrN2O2. The Hall–Kier alpha value is -2.14. The van der Waals surface area contributed by atoms with E-state index in [1.165, 1.54) is 6.42 Å². The Bertz CT molecular complexity index is 785. The highest BCUT2D eigenvalue weighted by Gasteiger charge is 2.19. The lowest BCUT2D eigenvalue weighted by Gasteiger charge is -2.26. The fraction of sp³-hybridized carbons (Fsp3) is 0.364. The Labute approximate surface area is 169 Å². The summed E-state index contributed by atoms with van der Waals surface area (Å²) in [6.45, 7) is 3.72. The highest BCUT2D eigenvalue weighted by molar-refractivity contribution is 9.10. The van der Waals surface area contributed by atoms with Crippen molar-refractivity contribution in [2.45, 2.75) is 32.6 Å². The highest BCUT2D eigenvalue weighted by atomic mass is 79.9. The van der Waals surface area contributed by atoms with Gasteiger partial charge in [0.1, 0.15) is 11.6 Å². The second-order valence-electron chi connectivity index (χ2n) is 6.55. The summed E-state index contributed by atoms with van der Waals surface area (Å²) in [6, 6.07) is 15.4. The molecule has 0 aliphatic carbocycles. The highest BCUT2D eigenvalue weighted by Crippen LogP contribution is 2.23. The topological polar surface area (TPSA) is 41.9 Å². The van der Waals surface area contributed by atoms with E-state index in [0.717, 1.165) is 47.6 Å². The van der Waals surface area contributed by atoms with Crippen LogP contribution in [0.2, 0.25) is 0 Å². The number of Topliss-reactive ketones (excluding diaryl/α,β-unsaturated/α-hetero) is 1. The molecule has 0 unspecified atom stereocenters. The van der Waals surface area contributed by atoms with Gasteiger partial charge >= 0.3 is 0 Å². The average molecular weight is 429 g/mol. The minimum atomic E-state index is 0.0864. The molecule has 142 valence electrons. The molecule has 2 aromatic carbocycles. The zero-order valence-corrected chi connectivity index (χ0v) is 17.2. The Morgan fingerprint density at radius 3 is 2.52 bits per heavy atom. The number of amidine groups is 1. The number of ketones is 1. The maximum Gasteiger partial charge on any atom is 0.182 e. The normalized spacial score (nSPS) is 14.2. The van der Waals surface area contributed by atoms with E-state index in [9.17, 15) is 4.79 Å². The second kappa shape index (κ2) is 9.70. The number of aliphatic imine (C=N–C) groups is 1. The molecule has 0 fully saturated rings. The molecule has 0 atom stereocenters. The van der Waals surface area contributed by atoms with E-state index in [0.29, 0.717) is 12.2 Å². The van der Waals surface area contributed by atoms with Gasteiger partial charge in [0, 0.05) is 28.7 Å². The smallest absolute Gasteiger partial charge is 0.182 e. The summed E-state index contributed by atoms with van der Waals surface area (Å²) in [5.74, 6) is 1.92. The van der Waals surface area contributed by atoms with Gasteiger partial charge in [0.15, 0.2) is 5.78 Å². The van der Waals surface area contributed by atoms with Gasteiger partial charge in [-0.1, -0.05) is 34.5 Å². The number of halogens is 1. The van der Waals surface area contributed by atoms with E-state index in [-0.39, 0.29) is 12.3 Å². The van der Waals surface area contributed by atoms with Crippen LogP contribution in [0.5, 0.6) is 5.75 Å². The zero-order valence-electron chi connectivity index (χ0n) is 15.7. The molecule has 4 nitrogen and oxygen atoms in total. The second-order valence-corrected chi connectivity index (χ2v) is 7.47. The van der Waals surface area contributed by atoms with E-state index in [1.54, 1.807) is 0 Å². The van der Waals surface area contributed by atoms with Crippen molar-refractivity contribution in [2.24, 2.45) is 4.99 Å². The summed E-state index contributed by atoms with van der Waals surface area (Å²) in [7, 11) is 0. The predicted molar refractivity (Wildman–Crippen MR) is 114 cm³/mol. The summed E-state index contributed by atoms with van der Waals surface area (Å²) < 4.78 is 6.52.